The first kappa shape index (κ1) is 20.6. The zero-order chi connectivity index (χ0) is 21.3. The number of hydrogen-bond acceptors (Lipinski definition) is 6. The summed E-state index contributed by atoms with van der Waals surface area (Å²) in [5.74, 6) is 0.0349. The molecule has 1 aliphatic heterocycles. The van der Waals surface area contributed by atoms with Crippen molar-refractivity contribution in [2.24, 2.45) is 5.10 Å². The minimum atomic E-state index is -0.172. The Kier molecular flexibility index (Phi) is 5.87. The molecular weight excluding hydrogens is 416 g/mol. The number of amides is 1. The third-order valence-electron chi connectivity index (χ3n) is 5.14. The van der Waals surface area contributed by atoms with Crippen molar-refractivity contribution >= 4 is 34.7 Å². The normalized spacial score (nSPS) is 16.0. The van der Waals surface area contributed by atoms with Crippen molar-refractivity contribution < 1.29 is 4.79 Å². The first-order chi connectivity index (χ1) is 14.4. The highest BCUT2D eigenvalue weighted by molar-refractivity contribution is 7.99. The number of carbonyl (C=O) groups is 1. The molecule has 6 nitrogen and oxygen atoms in total. The number of hydrazone groups is 1. The van der Waals surface area contributed by atoms with Gasteiger partial charge in [0.15, 0.2) is 5.16 Å². The molecule has 0 unspecified atom stereocenters. The van der Waals surface area contributed by atoms with Gasteiger partial charge in [-0.1, -0.05) is 47.7 Å². The molecule has 2 aromatic heterocycles. The number of aromatic nitrogens is 2. The minimum absolute atomic E-state index is 0.113. The molecule has 154 valence electrons. The number of hydrogen-bond donors (Lipinski definition) is 1. The van der Waals surface area contributed by atoms with Gasteiger partial charge in [-0.2, -0.15) is 5.10 Å². The van der Waals surface area contributed by atoms with Crippen LogP contribution in [0, 0.1) is 20.8 Å². The number of H-pyrrole nitrogens is 1. The molecule has 0 saturated carbocycles. The van der Waals surface area contributed by atoms with Crippen molar-refractivity contribution in [2.45, 2.75) is 38.4 Å². The van der Waals surface area contributed by atoms with Gasteiger partial charge >= 0.3 is 0 Å². The number of thioether (sulfide) groups is 1. The molecule has 1 amide bonds. The number of benzene rings is 1. The number of nitrogens with one attached hydrogen (secondary N) is 1. The van der Waals surface area contributed by atoms with Gasteiger partial charge in [0.2, 0.25) is 0 Å². The van der Waals surface area contributed by atoms with Crippen LogP contribution in [0.4, 0.5) is 0 Å². The van der Waals surface area contributed by atoms with Gasteiger partial charge in [0.1, 0.15) is 0 Å². The van der Waals surface area contributed by atoms with E-state index in [1.54, 1.807) is 30.2 Å². The Hall–Kier alpha value is -2.71. The Labute approximate surface area is 183 Å². The maximum Gasteiger partial charge on any atom is 0.254 e. The summed E-state index contributed by atoms with van der Waals surface area (Å²) in [6, 6.07) is 12.1. The summed E-state index contributed by atoms with van der Waals surface area (Å²) in [6.45, 7) is 5.57. The summed E-state index contributed by atoms with van der Waals surface area (Å²) < 4.78 is 0. The monoisotopic (exact) mass is 438 g/mol. The van der Waals surface area contributed by atoms with Gasteiger partial charge in [-0.3, -0.25) is 9.59 Å². The zero-order valence-corrected chi connectivity index (χ0v) is 18.6. The maximum atomic E-state index is 13.1. The predicted octanol–water partition coefficient (Wildman–Crippen LogP) is 4.23. The van der Waals surface area contributed by atoms with E-state index in [0.717, 1.165) is 16.2 Å². The summed E-state index contributed by atoms with van der Waals surface area (Å²) in [5.41, 5.74) is 4.25. The molecule has 1 aromatic carbocycles. The minimum Gasteiger partial charge on any atom is -0.301 e. The summed E-state index contributed by atoms with van der Waals surface area (Å²) in [5, 5.41) is 8.73. The average Bonchev–Trinajstić information content (AvgIpc) is 3.40. The molecule has 1 N–H and O–H groups in total. The highest BCUT2D eigenvalue weighted by Gasteiger charge is 2.33. The number of carbonyl (C=O) groups excluding carboxylic acids is 1. The van der Waals surface area contributed by atoms with Crippen LogP contribution < -0.4 is 5.56 Å². The van der Waals surface area contributed by atoms with E-state index in [4.69, 9.17) is 0 Å². The van der Waals surface area contributed by atoms with Crippen LogP contribution in [0.1, 0.15) is 39.7 Å². The number of thiophene rings is 1. The molecule has 0 fully saturated rings. The largest absolute Gasteiger partial charge is 0.301 e. The van der Waals surface area contributed by atoms with Gasteiger partial charge in [-0.25, -0.2) is 9.99 Å². The standard InChI is InChI=1S/C22H22N4O2S2/c1-13-6-8-16(9-7-13)18-11-17(19-5-4-10-29-19)25-26(18)20(27)12-30-22-23-15(3)14(2)21(28)24-22/h4-10,18H,11-12H2,1-3H3,(H,23,24,28)/t18-/m1/s1. The Morgan fingerprint density at radius 2 is 2.00 bits per heavy atom. The number of rotatable bonds is 5. The molecule has 3 aromatic rings. The molecule has 0 aliphatic carbocycles. The third kappa shape index (κ3) is 4.24. The fourth-order valence-corrected chi connectivity index (χ4v) is 4.74. The Balaban J connectivity index is 1.57. The Morgan fingerprint density at radius 3 is 2.67 bits per heavy atom. The quantitative estimate of drug-likeness (QED) is 0.478. The molecular formula is C22H22N4O2S2. The van der Waals surface area contributed by atoms with Gasteiger partial charge in [0, 0.05) is 17.7 Å². The van der Waals surface area contributed by atoms with Crippen LogP contribution in [-0.4, -0.2) is 32.3 Å². The lowest BCUT2D eigenvalue weighted by molar-refractivity contribution is -0.130. The lowest BCUT2D eigenvalue weighted by Crippen LogP contribution is -2.28. The van der Waals surface area contributed by atoms with Crippen LogP contribution >= 0.6 is 23.1 Å². The summed E-state index contributed by atoms with van der Waals surface area (Å²) >= 11 is 2.85. The molecule has 30 heavy (non-hydrogen) atoms. The van der Waals surface area contributed by atoms with E-state index in [2.05, 4.69) is 39.3 Å². The predicted molar refractivity (Wildman–Crippen MR) is 121 cm³/mol. The van der Waals surface area contributed by atoms with Crippen molar-refractivity contribution in [1.82, 2.24) is 15.0 Å². The number of aromatic amines is 1. The van der Waals surface area contributed by atoms with Crippen LogP contribution in [0.15, 0.2) is 56.8 Å². The fourth-order valence-electron chi connectivity index (χ4n) is 3.26. The lowest BCUT2D eigenvalue weighted by Gasteiger charge is -2.22. The molecule has 1 aliphatic rings. The second-order valence-corrected chi connectivity index (χ2v) is 9.17. The second-order valence-electron chi connectivity index (χ2n) is 7.26. The van der Waals surface area contributed by atoms with Gasteiger partial charge < -0.3 is 4.98 Å². The molecule has 3 heterocycles. The maximum absolute atomic E-state index is 13.1. The van der Waals surface area contributed by atoms with Crippen molar-refractivity contribution in [3.05, 3.63) is 79.4 Å². The Morgan fingerprint density at radius 1 is 1.23 bits per heavy atom. The van der Waals surface area contributed by atoms with E-state index < -0.39 is 0 Å². The van der Waals surface area contributed by atoms with E-state index in [9.17, 15) is 9.59 Å². The number of aryl methyl sites for hydroxylation is 2. The van der Waals surface area contributed by atoms with Crippen LogP contribution in [0.5, 0.6) is 0 Å². The molecule has 0 radical (unpaired) electrons. The van der Waals surface area contributed by atoms with Crippen LogP contribution in [0.2, 0.25) is 0 Å². The molecule has 0 spiro atoms. The summed E-state index contributed by atoms with van der Waals surface area (Å²) in [4.78, 5) is 33.3. The van der Waals surface area contributed by atoms with E-state index >= 15 is 0 Å². The average molecular weight is 439 g/mol. The smallest absolute Gasteiger partial charge is 0.254 e. The number of nitrogens with zero attached hydrogens (tertiary/aromatic N) is 3. The molecule has 1 atom stereocenters. The van der Waals surface area contributed by atoms with Crippen molar-refractivity contribution in [3.8, 4) is 0 Å². The first-order valence-corrected chi connectivity index (χ1v) is 11.5. The molecule has 8 heteroatoms. The third-order valence-corrected chi connectivity index (χ3v) is 6.92. The van der Waals surface area contributed by atoms with Gasteiger partial charge in [-0.15, -0.1) is 11.3 Å². The second kappa shape index (κ2) is 8.57. The van der Waals surface area contributed by atoms with Gasteiger partial charge in [0.05, 0.1) is 22.4 Å². The van der Waals surface area contributed by atoms with Crippen molar-refractivity contribution in [1.29, 1.82) is 0 Å². The SMILES string of the molecule is Cc1ccc([C@H]2CC(c3cccs3)=NN2C(=O)CSc2nc(C)c(C)c(=O)[nH]2)cc1. The van der Waals surface area contributed by atoms with Crippen molar-refractivity contribution in [3.63, 3.8) is 0 Å². The van der Waals surface area contributed by atoms with Crippen molar-refractivity contribution in [2.75, 3.05) is 5.75 Å². The Bertz CT molecular complexity index is 1150. The summed E-state index contributed by atoms with van der Waals surface area (Å²) in [6.07, 6.45) is 0.679. The molecule has 0 bridgehead atoms. The molecule has 0 saturated heterocycles. The lowest BCUT2D eigenvalue weighted by atomic mass is 10.00. The van der Waals surface area contributed by atoms with E-state index in [-0.39, 0.29) is 23.3 Å². The first-order valence-electron chi connectivity index (χ1n) is 9.62. The van der Waals surface area contributed by atoms with Gasteiger partial charge in [-0.05, 0) is 37.8 Å². The topological polar surface area (TPSA) is 78.4 Å². The van der Waals surface area contributed by atoms with Crippen LogP contribution in [0.3, 0.4) is 0 Å². The zero-order valence-electron chi connectivity index (χ0n) is 17.0. The van der Waals surface area contributed by atoms with E-state index in [1.807, 2.05) is 24.4 Å². The van der Waals surface area contributed by atoms with E-state index in [0.29, 0.717) is 22.8 Å². The van der Waals surface area contributed by atoms with Crippen LogP contribution in [-0.2, 0) is 4.79 Å². The highest BCUT2D eigenvalue weighted by Crippen LogP contribution is 2.34. The van der Waals surface area contributed by atoms with Gasteiger partial charge in [0.25, 0.3) is 11.5 Å². The van der Waals surface area contributed by atoms with E-state index in [1.165, 1.54) is 17.3 Å². The highest BCUT2D eigenvalue weighted by atomic mass is 32.2. The van der Waals surface area contributed by atoms with Crippen LogP contribution in [0.25, 0.3) is 0 Å². The molecule has 4 rings (SSSR count). The fraction of sp³-hybridized carbons (Fsp3) is 0.273. The summed E-state index contributed by atoms with van der Waals surface area (Å²) in [7, 11) is 0.